The van der Waals surface area contributed by atoms with Crippen LogP contribution in [0.2, 0.25) is 10.0 Å². The predicted octanol–water partition coefficient (Wildman–Crippen LogP) is 4.58. The second-order valence-electron chi connectivity index (χ2n) is 9.60. The molecule has 9 nitrogen and oxygen atoms in total. The van der Waals surface area contributed by atoms with E-state index in [2.05, 4.69) is 11.9 Å². The van der Waals surface area contributed by atoms with Crippen molar-refractivity contribution in [2.45, 2.75) is 44.8 Å². The summed E-state index contributed by atoms with van der Waals surface area (Å²) in [7, 11) is 0. The third-order valence-electron chi connectivity index (χ3n) is 6.58. The number of halogens is 2. The van der Waals surface area contributed by atoms with E-state index in [4.69, 9.17) is 37.1 Å². The molecule has 0 amide bonds. The second kappa shape index (κ2) is 15.5. The third-order valence-corrected chi connectivity index (χ3v) is 7.08. The molecule has 11 heteroatoms. The number of nitrogens with one attached hydrogen (secondary N) is 1. The van der Waals surface area contributed by atoms with Crippen molar-refractivity contribution in [1.82, 2.24) is 0 Å². The number of carbonyl (C=O) groups excluding carboxylic acids is 1. The molecule has 0 spiro atoms. The van der Waals surface area contributed by atoms with Gasteiger partial charge in [-0.15, -0.1) is 0 Å². The molecule has 5 rings (SSSR count). The number of carboxylic acids is 2. The molecule has 0 saturated carbocycles. The molecule has 0 radical (unpaired) electrons. The summed E-state index contributed by atoms with van der Waals surface area (Å²) in [5.41, 5.74) is 2.14. The number of benzene rings is 3. The average molecular weight is 626 g/mol. The van der Waals surface area contributed by atoms with Crippen LogP contribution in [0.15, 0.2) is 101 Å². The van der Waals surface area contributed by atoms with Gasteiger partial charge in [0.15, 0.2) is 29.8 Å². The first-order valence-electron chi connectivity index (χ1n) is 13.5. The van der Waals surface area contributed by atoms with Gasteiger partial charge in [0.25, 0.3) is 0 Å². The fourth-order valence-electron chi connectivity index (χ4n) is 4.46. The first kappa shape index (κ1) is 31.9. The van der Waals surface area contributed by atoms with E-state index in [1.54, 1.807) is 60.8 Å². The Morgan fingerprint density at radius 2 is 1.56 bits per heavy atom. The van der Waals surface area contributed by atoms with Crippen molar-refractivity contribution in [3.05, 3.63) is 118 Å². The van der Waals surface area contributed by atoms with Gasteiger partial charge in [0.05, 0.1) is 30.4 Å². The summed E-state index contributed by atoms with van der Waals surface area (Å²) >= 11 is 12.2. The summed E-state index contributed by atoms with van der Waals surface area (Å²) in [6.45, 7) is 2.02. The molecule has 1 aliphatic heterocycles. The zero-order valence-electron chi connectivity index (χ0n) is 23.2. The molecule has 2 unspecified atom stereocenters. The molecular weight excluding hydrogens is 595 g/mol. The molecule has 4 atom stereocenters. The average Bonchev–Trinajstić information content (AvgIpc) is 3.67. The van der Waals surface area contributed by atoms with Crippen LogP contribution in [-0.2, 0) is 32.3 Å². The molecule has 43 heavy (non-hydrogen) atoms. The lowest BCUT2D eigenvalue weighted by atomic mass is 10.1. The lowest BCUT2D eigenvalue weighted by molar-refractivity contribution is -0.777. The van der Waals surface area contributed by atoms with Gasteiger partial charge in [-0.2, -0.15) is 0 Å². The number of hydrogen-bond acceptors (Lipinski definition) is 7. The van der Waals surface area contributed by atoms with Crippen molar-refractivity contribution < 1.29 is 38.6 Å². The molecular formula is C32H30Cl2N2O7. The van der Waals surface area contributed by atoms with Crippen LogP contribution >= 0.6 is 23.2 Å². The van der Waals surface area contributed by atoms with E-state index in [0.717, 1.165) is 33.6 Å². The highest BCUT2D eigenvalue weighted by atomic mass is 35.5. The van der Waals surface area contributed by atoms with Crippen LogP contribution in [0.4, 0.5) is 0 Å². The fourth-order valence-corrected chi connectivity index (χ4v) is 5.01. The van der Waals surface area contributed by atoms with Crippen LogP contribution in [0.25, 0.3) is 11.0 Å². The predicted molar refractivity (Wildman–Crippen MR) is 161 cm³/mol. The Balaban J connectivity index is 0.000000202. The number of fused-ring (bicyclic) bond motifs is 1. The molecule has 0 bridgehead atoms. The van der Waals surface area contributed by atoms with E-state index >= 15 is 0 Å². The van der Waals surface area contributed by atoms with Gasteiger partial charge in [0, 0.05) is 16.8 Å². The highest BCUT2D eigenvalue weighted by Crippen LogP contribution is 2.32. The number of nitrogens with zero attached hydrogens (tertiary/aromatic N) is 1. The minimum absolute atomic E-state index is 0.0454. The van der Waals surface area contributed by atoms with Crippen LogP contribution in [0, 0.1) is 0 Å². The summed E-state index contributed by atoms with van der Waals surface area (Å²) in [5, 5.41) is 22.7. The zero-order valence-corrected chi connectivity index (χ0v) is 24.7. The first-order valence-corrected chi connectivity index (χ1v) is 14.2. The fraction of sp³-hybridized carbons (Fsp3) is 0.219. The lowest BCUT2D eigenvalue weighted by Gasteiger charge is -2.25. The van der Waals surface area contributed by atoms with Crippen LogP contribution < -0.4 is 10.0 Å². The number of carboxylic acid groups (broad SMARTS) is 2. The van der Waals surface area contributed by atoms with Crippen LogP contribution in [-0.4, -0.2) is 35.6 Å². The zero-order chi connectivity index (χ0) is 30.8. The van der Waals surface area contributed by atoms with Gasteiger partial charge in [0.2, 0.25) is 0 Å². The van der Waals surface area contributed by atoms with Crippen LogP contribution in [0.5, 0.6) is 0 Å². The molecule has 224 valence electrons. The lowest BCUT2D eigenvalue weighted by Crippen LogP contribution is -3.05. The van der Waals surface area contributed by atoms with Gasteiger partial charge in [-0.05, 0) is 29.3 Å². The Morgan fingerprint density at radius 1 is 0.953 bits per heavy atom. The summed E-state index contributed by atoms with van der Waals surface area (Å²) < 4.78 is 16.4. The van der Waals surface area contributed by atoms with Crippen molar-refractivity contribution in [2.24, 2.45) is 4.99 Å². The molecule has 2 heterocycles. The molecule has 0 aliphatic carbocycles. The minimum Gasteiger partial charge on any atom is -0.547 e. The minimum atomic E-state index is -1.72. The van der Waals surface area contributed by atoms with Crippen molar-refractivity contribution >= 4 is 52.4 Å². The van der Waals surface area contributed by atoms with Crippen molar-refractivity contribution in [1.29, 1.82) is 0 Å². The number of carbonyl (C=O) groups is 2. The smallest absolute Gasteiger partial charge is 0.335 e. The van der Waals surface area contributed by atoms with E-state index in [9.17, 15) is 19.8 Å². The topological polar surface area (TPSA) is 126 Å². The number of furan rings is 1. The molecule has 3 aromatic carbocycles. The van der Waals surface area contributed by atoms with E-state index in [-0.39, 0.29) is 19.3 Å². The maximum Gasteiger partial charge on any atom is 0.335 e. The van der Waals surface area contributed by atoms with Gasteiger partial charge in [-0.3, -0.25) is 4.90 Å². The SMILES string of the molecule is CCC(c1cc2cc(Cl)cc(Cl)c2o1)[NH+]1C=CN=C1.O=C([O-])[C@@H](OCc1ccccc1)[C@H](OCc1ccccc1)C(=O)O. The first-order chi connectivity index (χ1) is 20.8. The van der Waals surface area contributed by atoms with E-state index in [1.807, 2.05) is 36.8 Å². The standard InChI is InChI=1S/C18H18O6.C14H12Cl2N2O/c19-17(20)15(23-11-13-7-3-1-4-8-13)16(18(21)22)24-12-14-9-5-2-6-10-14;1-2-12(18-4-3-17-8-18)13-6-9-5-10(15)7-11(16)14(9)19-13/h1-10,15-16H,11-12H2,(H,19,20)(H,21,22);3-8,12H,2H2,1H3/t15-,16-;/m0./s1. The van der Waals surface area contributed by atoms with Gasteiger partial charge in [0.1, 0.15) is 12.3 Å². The number of rotatable bonds is 12. The molecule has 1 aromatic heterocycles. The highest BCUT2D eigenvalue weighted by molar-refractivity contribution is 6.38. The maximum absolute atomic E-state index is 11.4. The summed E-state index contributed by atoms with van der Waals surface area (Å²) in [6, 6.07) is 23.5. The van der Waals surface area contributed by atoms with Crippen molar-refractivity contribution in [3.8, 4) is 0 Å². The number of aliphatic carboxylic acids is 2. The molecule has 0 fully saturated rings. The largest absolute Gasteiger partial charge is 0.547 e. The molecule has 1 aliphatic rings. The Hall–Kier alpha value is -3.99. The van der Waals surface area contributed by atoms with Crippen LogP contribution in [0.1, 0.15) is 36.3 Å². The van der Waals surface area contributed by atoms with Crippen molar-refractivity contribution in [3.63, 3.8) is 0 Å². The Bertz CT molecular complexity index is 1500. The van der Waals surface area contributed by atoms with Gasteiger partial charge < -0.3 is 28.9 Å². The molecule has 0 saturated heterocycles. The summed E-state index contributed by atoms with van der Waals surface area (Å²) in [6.07, 6.45) is 3.23. The van der Waals surface area contributed by atoms with Crippen molar-refractivity contribution in [2.75, 3.05) is 0 Å². The number of hydrogen-bond donors (Lipinski definition) is 2. The quantitative estimate of drug-likeness (QED) is 0.236. The number of quaternary nitrogens is 1. The second-order valence-corrected chi connectivity index (χ2v) is 10.4. The van der Waals surface area contributed by atoms with E-state index < -0.39 is 24.1 Å². The normalized spacial score (nSPS) is 15.9. The summed E-state index contributed by atoms with van der Waals surface area (Å²) in [5.74, 6) is -2.16. The van der Waals surface area contributed by atoms with Crippen LogP contribution in [0.3, 0.4) is 0 Å². The number of aliphatic imine (C=N–C) groups is 1. The van der Waals surface area contributed by atoms with E-state index in [1.165, 1.54) is 0 Å². The van der Waals surface area contributed by atoms with E-state index in [0.29, 0.717) is 15.6 Å². The molecule has 4 aromatic rings. The van der Waals surface area contributed by atoms with Gasteiger partial charge >= 0.3 is 5.97 Å². The highest BCUT2D eigenvalue weighted by Gasteiger charge is 2.31. The summed E-state index contributed by atoms with van der Waals surface area (Å²) in [4.78, 5) is 27.9. The monoisotopic (exact) mass is 624 g/mol. The van der Waals surface area contributed by atoms with Gasteiger partial charge in [-0.1, -0.05) is 90.8 Å². The third kappa shape index (κ3) is 8.76. The Kier molecular flexibility index (Phi) is 11.5. The maximum atomic E-state index is 11.4. The Labute approximate surface area is 258 Å². The molecule has 2 N–H and O–H groups in total. The van der Waals surface area contributed by atoms with Gasteiger partial charge in [-0.25, -0.2) is 9.79 Å². The number of ether oxygens (including phenoxy) is 2. The Morgan fingerprint density at radius 3 is 2.07 bits per heavy atom.